The second-order valence-electron chi connectivity index (χ2n) is 4.28. The van der Waals surface area contributed by atoms with Gasteiger partial charge in [0, 0.05) is 9.50 Å². The van der Waals surface area contributed by atoms with Gasteiger partial charge in [-0.05, 0) is 42.3 Å². The molecular weight excluding hydrogens is 345 g/mol. The fourth-order valence-electron chi connectivity index (χ4n) is 1.91. The normalized spacial score (nSPS) is 12.2. The van der Waals surface area contributed by atoms with E-state index in [1.54, 1.807) is 0 Å². The summed E-state index contributed by atoms with van der Waals surface area (Å²) in [5.74, 6) is 0. The van der Waals surface area contributed by atoms with Crippen LogP contribution in [0.25, 0.3) is 0 Å². The van der Waals surface area contributed by atoms with Crippen molar-refractivity contribution >= 4 is 44.8 Å². The lowest BCUT2D eigenvalue weighted by Gasteiger charge is -2.20. The standard InChI is InChI=1S/C15H14BrCl2N/c1-2-14(10-3-6-12(17)7-4-10)19-15-8-5-11(16)9-13(15)18/h3-9,14,19H,2H2,1H3. The Morgan fingerprint density at radius 1 is 1.11 bits per heavy atom. The first-order chi connectivity index (χ1) is 9.10. The summed E-state index contributed by atoms with van der Waals surface area (Å²) in [6, 6.07) is 13.9. The van der Waals surface area contributed by atoms with Crippen LogP contribution in [0.4, 0.5) is 5.69 Å². The van der Waals surface area contributed by atoms with E-state index in [2.05, 4.69) is 28.2 Å². The molecule has 4 heteroatoms. The monoisotopic (exact) mass is 357 g/mol. The Hall–Kier alpha value is -0.700. The average molecular weight is 359 g/mol. The number of nitrogens with one attached hydrogen (secondary N) is 1. The zero-order valence-corrected chi connectivity index (χ0v) is 13.6. The molecule has 0 bridgehead atoms. The van der Waals surface area contributed by atoms with E-state index in [4.69, 9.17) is 23.2 Å². The van der Waals surface area contributed by atoms with Gasteiger partial charge in [0.1, 0.15) is 0 Å². The fourth-order valence-corrected chi connectivity index (χ4v) is 2.76. The highest BCUT2D eigenvalue weighted by atomic mass is 79.9. The van der Waals surface area contributed by atoms with Crippen molar-refractivity contribution in [1.82, 2.24) is 0 Å². The van der Waals surface area contributed by atoms with Crippen LogP contribution in [-0.4, -0.2) is 0 Å². The highest BCUT2D eigenvalue weighted by Gasteiger charge is 2.11. The van der Waals surface area contributed by atoms with Gasteiger partial charge < -0.3 is 5.32 Å². The molecule has 2 aromatic rings. The van der Waals surface area contributed by atoms with E-state index in [-0.39, 0.29) is 6.04 Å². The molecule has 19 heavy (non-hydrogen) atoms. The molecule has 0 radical (unpaired) electrons. The fraction of sp³-hybridized carbons (Fsp3) is 0.200. The molecule has 100 valence electrons. The number of hydrogen-bond acceptors (Lipinski definition) is 1. The topological polar surface area (TPSA) is 12.0 Å². The summed E-state index contributed by atoms with van der Waals surface area (Å²) in [6.45, 7) is 2.14. The quantitative estimate of drug-likeness (QED) is 0.674. The van der Waals surface area contributed by atoms with Crippen molar-refractivity contribution in [2.24, 2.45) is 0 Å². The van der Waals surface area contributed by atoms with Crippen LogP contribution in [-0.2, 0) is 0 Å². The van der Waals surface area contributed by atoms with E-state index in [0.717, 1.165) is 21.6 Å². The molecule has 0 aromatic heterocycles. The molecule has 0 heterocycles. The molecule has 0 saturated carbocycles. The van der Waals surface area contributed by atoms with E-state index in [9.17, 15) is 0 Å². The van der Waals surface area contributed by atoms with E-state index in [0.29, 0.717) is 5.02 Å². The zero-order valence-electron chi connectivity index (χ0n) is 10.5. The molecular formula is C15H14BrCl2N. The third-order valence-corrected chi connectivity index (χ3v) is 4.00. The average Bonchev–Trinajstić information content (AvgIpc) is 2.39. The maximum absolute atomic E-state index is 6.23. The number of halogens is 3. The lowest BCUT2D eigenvalue weighted by atomic mass is 10.0. The zero-order chi connectivity index (χ0) is 13.8. The molecule has 2 aromatic carbocycles. The van der Waals surface area contributed by atoms with Crippen LogP contribution < -0.4 is 5.32 Å². The minimum absolute atomic E-state index is 0.218. The Bertz CT molecular complexity index is 555. The van der Waals surface area contributed by atoms with Crippen LogP contribution in [0.3, 0.4) is 0 Å². The van der Waals surface area contributed by atoms with Gasteiger partial charge >= 0.3 is 0 Å². The largest absolute Gasteiger partial charge is 0.377 e. The molecule has 0 aliphatic rings. The van der Waals surface area contributed by atoms with Crippen molar-refractivity contribution in [2.75, 3.05) is 5.32 Å². The maximum atomic E-state index is 6.23. The van der Waals surface area contributed by atoms with Crippen molar-refractivity contribution in [3.63, 3.8) is 0 Å². The van der Waals surface area contributed by atoms with Crippen LogP contribution in [0.5, 0.6) is 0 Å². The van der Waals surface area contributed by atoms with E-state index in [1.165, 1.54) is 5.56 Å². The van der Waals surface area contributed by atoms with Crippen molar-refractivity contribution in [3.05, 3.63) is 62.5 Å². The Balaban J connectivity index is 2.21. The summed E-state index contributed by atoms with van der Waals surface area (Å²) in [4.78, 5) is 0. The predicted octanol–water partition coefficient (Wildman–Crippen LogP) is 6.32. The second-order valence-corrected chi connectivity index (χ2v) is 6.04. The Kier molecular flexibility index (Phi) is 5.14. The molecule has 0 amide bonds. The van der Waals surface area contributed by atoms with Gasteiger partial charge in [0.15, 0.2) is 0 Å². The number of benzene rings is 2. The van der Waals surface area contributed by atoms with Gasteiger partial charge in [-0.3, -0.25) is 0 Å². The van der Waals surface area contributed by atoms with Crippen LogP contribution >= 0.6 is 39.1 Å². The second kappa shape index (κ2) is 6.65. The van der Waals surface area contributed by atoms with Crippen LogP contribution in [0.15, 0.2) is 46.9 Å². The van der Waals surface area contributed by atoms with Gasteiger partial charge in [-0.25, -0.2) is 0 Å². The minimum atomic E-state index is 0.218. The highest BCUT2D eigenvalue weighted by molar-refractivity contribution is 9.10. The van der Waals surface area contributed by atoms with E-state index in [1.807, 2.05) is 42.5 Å². The van der Waals surface area contributed by atoms with Gasteiger partial charge in [-0.1, -0.05) is 58.2 Å². The van der Waals surface area contributed by atoms with Gasteiger partial charge in [-0.15, -0.1) is 0 Å². The summed E-state index contributed by atoms with van der Waals surface area (Å²) < 4.78 is 0.975. The molecule has 1 unspecified atom stereocenters. The summed E-state index contributed by atoms with van der Waals surface area (Å²) >= 11 is 15.6. The number of rotatable bonds is 4. The Labute approximate surface area is 132 Å². The number of anilines is 1. The summed E-state index contributed by atoms with van der Waals surface area (Å²) in [7, 11) is 0. The van der Waals surface area contributed by atoms with E-state index >= 15 is 0 Å². The smallest absolute Gasteiger partial charge is 0.0648 e. The molecule has 0 spiro atoms. The van der Waals surface area contributed by atoms with Crippen LogP contribution in [0.2, 0.25) is 10.0 Å². The van der Waals surface area contributed by atoms with Crippen LogP contribution in [0, 0.1) is 0 Å². The molecule has 1 atom stereocenters. The summed E-state index contributed by atoms with van der Waals surface area (Å²) in [5.41, 5.74) is 2.14. The van der Waals surface area contributed by atoms with Gasteiger partial charge in [0.05, 0.1) is 16.8 Å². The van der Waals surface area contributed by atoms with E-state index < -0.39 is 0 Å². The first-order valence-electron chi connectivity index (χ1n) is 6.07. The minimum Gasteiger partial charge on any atom is -0.377 e. The molecule has 0 saturated heterocycles. The first-order valence-corrected chi connectivity index (χ1v) is 7.62. The molecule has 1 nitrogen and oxygen atoms in total. The predicted molar refractivity (Wildman–Crippen MR) is 87.3 cm³/mol. The molecule has 2 rings (SSSR count). The number of hydrogen-bond donors (Lipinski definition) is 1. The van der Waals surface area contributed by atoms with Crippen molar-refractivity contribution in [2.45, 2.75) is 19.4 Å². The Morgan fingerprint density at radius 2 is 1.79 bits per heavy atom. The van der Waals surface area contributed by atoms with Gasteiger partial charge in [0.25, 0.3) is 0 Å². The molecule has 0 aliphatic heterocycles. The summed E-state index contributed by atoms with van der Waals surface area (Å²) in [5, 5.41) is 4.92. The molecule has 1 N–H and O–H groups in total. The Morgan fingerprint density at radius 3 is 2.37 bits per heavy atom. The molecule has 0 aliphatic carbocycles. The van der Waals surface area contributed by atoms with Crippen molar-refractivity contribution < 1.29 is 0 Å². The third kappa shape index (κ3) is 3.88. The van der Waals surface area contributed by atoms with Gasteiger partial charge in [0.2, 0.25) is 0 Å². The first kappa shape index (κ1) is 14.7. The SMILES string of the molecule is CCC(Nc1ccc(Br)cc1Cl)c1ccc(Cl)cc1. The van der Waals surface area contributed by atoms with Crippen molar-refractivity contribution in [1.29, 1.82) is 0 Å². The van der Waals surface area contributed by atoms with Crippen LogP contribution in [0.1, 0.15) is 24.9 Å². The van der Waals surface area contributed by atoms with Crippen molar-refractivity contribution in [3.8, 4) is 0 Å². The summed E-state index contributed by atoms with van der Waals surface area (Å²) in [6.07, 6.45) is 0.966. The maximum Gasteiger partial charge on any atom is 0.0648 e. The van der Waals surface area contributed by atoms with Gasteiger partial charge in [-0.2, -0.15) is 0 Å². The highest BCUT2D eigenvalue weighted by Crippen LogP contribution is 2.30. The lowest BCUT2D eigenvalue weighted by molar-refractivity contribution is 0.749. The molecule has 0 fully saturated rings. The lowest BCUT2D eigenvalue weighted by Crippen LogP contribution is -2.09. The third-order valence-electron chi connectivity index (χ3n) is 2.94.